The van der Waals surface area contributed by atoms with Crippen LogP contribution in [0.15, 0.2) is 36.4 Å². The number of amides is 1. The molecule has 1 heterocycles. The van der Waals surface area contributed by atoms with Crippen molar-refractivity contribution in [2.45, 2.75) is 25.8 Å². The maximum atomic E-state index is 12.9. The molecule has 0 aromatic heterocycles. The number of carbonyl (C=O) groups is 1. The van der Waals surface area contributed by atoms with Crippen molar-refractivity contribution in [3.8, 4) is 0 Å². The molecule has 2 aromatic carbocycles. The van der Waals surface area contributed by atoms with Crippen LogP contribution in [0.1, 0.15) is 29.7 Å². The van der Waals surface area contributed by atoms with Gasteiger partial charge in [0.25, 0.3) is 0 Å². The number of halogens is 2. The molecule has 1 N–H and O–H groups in total. The fourth-order valence-corrected chi connectivity index (χ4v) is 4.58. The molecule has 0 aliphatic carbocycles. The van der Waals surface area contributed by atoms with Crippen molar-refractivity contribution in [2.75, 3.05) is 17.5 Å². The molecule has 144 valence electrons. The Morgan fingerprint density at radius 2 is 1.81 bits per heavy atom. The summed E-state index contributed by atoms with van der Waals surface area (Å²) in [5.74, 6) is -0.0652. The second-order valence-electron chi connectivity index (χ2n) is 6.64. The Bertz CT molecular complexity index is 972. The van der Waals surface area contributed by atoms with Gasteiger partial charge in [-0.2, -0.15) is 0 Å². The number of fused-ring (bicyclic) bond motifs is 1. The third-order valence-corrected chi connectivity index (χ3v) is 6.04. The average molecular weight is 427 g/mol. The van der Waals surface area contributed by atoms with Gasteiger partial charge in [-0.1, -0.05) is 41.4 Å². The minimum atomic E-state index is -3.37. The number of hydrogen-bond donors (Lipinski definition) is 1. The predicted octanol–water partition coefficient (Wildman–Crippen LogP) is 4.05. The lowest BCUT2D eigenvalue weighted by atomic mass is 9.91. The van der Waals surface area contributed by atoms with Crippen molar-refractivity contribution in [2.24, 2.45) is 0 Å². The van der Waals surface area contributed by atoms with Crippen LogP contribution in [-0.2, 0) is 27.7 Å². The van der Waals surface area contributed by atoms with E-state index in [1.165, 1.54) is 0 Å². The van der Waals surface area contributed by atoms with Crippen LogP contribution < -0.4 is 4.72 Å². The smallest absolute Gasteiger partial charge is 0.229 e. The molecule has 27 heavy (non-hydrogen) atoms. The maximum Gasteiger partial charge on any atom is 0.229 e. The minimum Gasteiger partial charge on any atom is -0.335 e. The molecule has 1 amide bonds. The molecule has 0 bridgehead atoms. The van der Waals surface area contributed by atoms with Gasteiger partial charge in [0.15, 0.2) is 0 Å². The number of sulfonamides is 1. The fourth-order valence-electron chi connectivity index (χ4n) is 3.46. The van der Waals surface area contributed by atoms with E-state index >= 15 is 0 Å². The van der Waals surface area contributed by atoms with Crippen molar-refractivity contribution in [3.63, 3.8) is 0 Å². The highest BCUT2D eigenvalue weighted by atomic mass is 35.5. The Labute approximate surface area is 169 Å². The van der Waals surface area contributed by atoms with Crippen LogP contribution in [0.4, 0.5) is 5.69 Å². The molecule has 1 aliphatic heterocycles. The van der Waals surface area contributed by atoms with Crippen LogP contribution in [0.2, 0.25) is 10.0 Å². The van der Waals surface area contributed by atoms with E-state index < -0.39 is 10.0 Å². The first-order valence-electron chi connectivity index (χ1n) is 8.49. The fraction of sp³-hybridized carbons (Fsp3) is 0.316. The zero-order chi connectivity index (χ0) is 19.8. The summed E-state index contributed by atoms with van der Waals surface area (Å²) in [6.07, 6.45) is 1.82. The van der Waals surface area contributed by atoms with Crippen molar-refractivity contribution < 1.29 is 13.2 Å². The second kappa shape index (κ2) is 7.70. The number of benzene rings is 2. The first-order chi connectivity index (χ1) is 12.7. The van der Waals surface area contributed by atoms with Gasteiger partial charge < -0.3 is 4.90 Å². The summed E-state index contributed by atoms with van der Waals surface area (Å²) in [4.78, 5) is 14.7. The third-order valence-electron chi connectivity index (χ3n) is 4.74. The lowest BCUT2D eigenvalue weighted by molar-refractivity contribution is -0.133. The quantitative estimate of drug-likeness (QED) is 0.801. The molecule has 8 heteroatoms. The highest BCUT2D eigenvalue weighted by Gasteiger charge is 2.29. The Morgan fingerprint density at radius 3 is 2.44 bits per heavy atom. The van der Waals surface area contributed by atoms with Crippen LogP contribution in [-0.4, -0.2) is 32.0 Å². The third kappa shape index (κ3) is 4.39. The van der Waals surface area contributed by atoms with Gasteiger partial charge in [0.05, 0.1) is 24.4 Å². The van der Waals surface area contributed by atoms with Gasteiger partial charge in [-0.15, -0.1) is 0 Å². The zero-order valence-electron chi connectivity index (χ0n) is 15.0. The van der Waals surface area contributed by atoms with Crippen LogP contribution in [0.5, 0.6) is 0 Å². The minimum absolute atomic E-state index is 0.0652. The van der Waals surface area contributed by atoms with Gasteiger partial charge in [0, 0.05) is 16.6 Å². The molecular formula is C19H20Cl2N2O3S. The summed E-state index contributed by atoms with van der Waals surface area (Å²) in [6.45, 7) is 2.44. The molecule has 0 fully saturated rings. The summed E-state index contributed by atoms with van der Waals surface area (Å²) in [7, 11) is -3.37. The van der Waals surface area contributed by atoms with Gasteiger partial charge in [0.2, 0.25) is 15.9 Å². The van der Waals surface area contributed by atoms with E-state index in [9.17, 15) is 13.2 Å². The van der Waals surface area contributed by atoms with Crippen LogP contribution in [0, 0.1) is 0 Å². The van der Waals surface area contributed by atoms with Gasteiger partial charge in [-0.25, -0.2) is 8.42 Å². The Balaban J connectivity index is 1.86. The van der Waals surface area contributed by atoms with Crippen molar-refractivity contribution in [1.82, 2.24) is 4.90 Å². The molecular weight excluding hydrogens is 407 g/mol. The first kappa shape index (κ1) is 20.0. The van der Waals surface area contributed by atoms with Gasteiger partial charge >= 0.3 is 0 Å². The Hall–Kier alpha value is -1.76. The molecule has 5 nitrogen and oxygen atoms in total. The molecule has 0 saturated carbocycles. The number of nitrogens with one attached hydrogen (secondary N) is 1. The van der Waals surface area contributed by atoms with Crippen molar-refractivity contribution in [1.29, 1.82) is 0 Å². The largest absolute Gasteiger partial charge is 0.335 e. The van der Waals surface area contributed by atoms with E-state index in [1.54, 1.807) is 35.2 Å². The molecule has 0 unspecified atom stereocenters. The molecule has 1 atom stereocenters. The lowest BCUT2D eigenvalue weighted by Gasteiger charge is -2.36. The Kier molecular flexibility index (Phi) is 5.70. The average Bonchev–Trinajstić information content (AvgIpc) is 2.58. The van der Waals surface area contributed by atoms with E-state index in [2.05, 4.69) is 4.72 Å². The van der Waals surface area contributed by atoms with E-state index in [0.29, 0.717) is 34.3 Å². The van der Waals surface area contributed by atoms with E-state index in [1.807, 2.05) is 13.0 Å². The maximum absolute atomic E-state index is 12.9. The normalized spacial score (nSPS) is 16.7. The summed E-state index contributed by atoms with van der Waals surface area (Å²) >= 11 is 12.4. The highest BCUT2D eigenvalue weighted by molar-refractivity contribution is 7.92. The highest BCUT2D eigenvalue weighted by Crippen LogP contribution is 2.35. The van der Waals surface area contributed by atoms with Gasteiger partial charge in [-0.05, 0) is 48.2 Å². The number of rotatable bonds is 4. The number of carbonyl (C=O) groups excluding carboxylic acids is 1. The van der Waals surface area contributed by atoms with E-state index in [-0.39, 0.29) is 18.4 Å². The predicted molar refractivity (Wildman–Crippen MR) is 109 cm³/mol. The Morgan fingerprint density at radius 1 is 1.19 bits per heavy atom. The summed E-state index contributed by atoms with van der Waals surface area (Å²) in [5, 5.41) is 0.945. The SMILES string of the molecule is C[C@@H]1c2cccc(NS(C)(=O)=O)c2CCN1C(=O)Cc1c(Cl)cccc1Cl. The number of hydrogen-bond acceptors (Lipinski definition) is 3. The monoisotopic (exact) mass is 426 g/mol. The topological polar surface area (TPSA) is 66.5 Å². The summed E-state index contributed by atoms with van der Waals surface area (Å²) in [5.41, 5.74) is 3.06. The van der Waals surface area contributed by atoms with Crippen molar-refractivity contribution in [3.05, 3.63) is 63.1 Å². The van der Waals surface area contributed by atoms with Crippen LogP contribution >= 0.6 is 23.2 Å². The molecule has 0 saturated heterocycles. The van der Waals surface area contributed by atoms with E-state index in [4.69, 9.17) is 23.2 Å². The van der Waals surface area contributed by atoms with E-state index in [0.717, 1.165) is 17.4 Å². The van der Waals surface area contributed by atoms with Crippen molar-refractivity contribution >= 4 is 44.8 Å². The van der Waals surface area contributed by atoms with Gasteiger partial charge in [0.1, 0.15) is 0 Å². The number of nitrogens with zero attached hydrogens (tertiary/aromatic N) is 1. The number of anilines is 1. The first-order valence-corrected chi connectivity index (χ1v) is 11.1. The molecule has 0 radical (unpaired) electrons. The molecule has 2 aromatic rings. The summed E-state index contributed by atoms with van der Waals surface area (Å²) in [6, 6.07) is 10.5. The lowest BCUT2D eigenvalue weighted by Crippen LogP contribution is -2.40. The second-order valence-corrected chi connectivity index (χ2v) is 9.20. The molecule has 0 spiro atoms. The van der Waals surface area contributed by atoms with Crippen LogP contribution in [0.25, 0.3) is 0 Å². The van der Waals surface area contributed by atoms with Gasteiger partial charge in [-0.3, -0.25) is 9.52 Å². The summed E-state index contributed by atoms with van der Waals surface area (Å²) < 4.78 is 25.8. The zero-order valence-corrected chi connectivity index (χ0v) is 17.3. The molecule has 1 aliphatic rings. The molecule has 3 rings (SSSR count). The van der Waals surface area contributed by atoms with Crippen LogP contribution in [0.3, 0.4) is 0 Å². The standard InChI is InChI=1S/C19H20Cl2N2O3S/c1-12-13-5-3-8-18(22-27(2,25)26)14(13)9-10-23(12)19(24)11-15-16(20)6-4-7-17(15)21/h3-8,12,22H,9-11H2,1-2H3/t12-/m1/s1.